The van der Waals surface area contributed by atoms with Crippen LogP contribution in [0.25, 0.3) is 10.9 Å². The molecular formula is C15H13N5O2. The number of hydrazone groups is 1. The number of aromatic amines is 1. The average Bonchev–Trinajstić information content (AvgIpc) is 2.84. The van der Waals surface area contributed by atoms with E-state index in [0.717, 1.165) is 22.2 Å². The zero-order valence-electron chi connectivity index (χ0n) is 11.8. The maximum Gasteiger partial charge on any atom is 0.287 e. The molecule has 0 radical (unpaired) electrons. The van der Waals surface area contributed by atoms with Crippen LogP contribution in [0.3, 0.4) is 0 Å². The molecule has 0 amide bonds. The minimum atomic E-state index is -0.491. The topological polar surface area (TPSA) is 96.2 Å². The largest absolute Gasteiger partial charge is 0.358 e. The van der Waals surface area contributed by atoms with Gasteiger partial charge in [-0.05, 0) is 19.1 Å². The lowest BCUT2D eigenvalue weighted by atomic mass is 10.1. The van der Waals surface area contributed by atoms with Gasteiger partial charge in [-0.2, -0.15) is 5.10 Å². The molecule has 0 aliphatic heterocycles. The summed E-state index contributed by atoms with van der Waals surface area (Å²) in [5, 5.41) is 15.8. The van der Waals surface area contributed by atoms with Crippen LogP contribution in [-0.2, 0) is 0 Å². The third kappa shape index (κ3) is 2.64. The number of aryl methyl sites for hydroxylation is 1. The molecule has 1 aromatic carbocycles. The zero-order chi connectivity index (χ0) is 15.5. The number of aromatic nitrogens is 2. The van der Waals surface area contributed by atoms with E-state index < -0.39 is 4.92 Å². The fourth-order valence-electron chi connectivity index (χ4n) is 2.19. The highest BCUT2D eigenvalue weighted by Gasteiger charge is 2.06. The molecule has 0 spiro atoms. The van der Waals surface area contributed by atoms with Gasteiger partial charge in [-0.15, -0.1) is 0 Å². The number of pyridine rings is 1. The van der Waals surface area contributed by atoms with E-state index in [1.165, 1.54) is 18.3 Å². The number of nitrogens with one attached hydrogen (secondary N) is 2. The molecule has 0 fully saturated rings. The van der Waals surface area contributed by atoms with Crippen molar-refractivity contribution in [2.75, 3.05) is 5.43 Å². The third-order valence-electron chi connectivity index (χ3n) is 3.27. The van der Waals surface area contributed by atoms with Gasteiger partial charge in [0.2, 0.25) is 0 Å². The Labute approximate surface area is 125 Å². The number of rotatable bonds is 4. The van der Waals surface area contributed by atoms with Crippen LogP contribution in [0.4, 0.5) is 11.5 Å². The predicted octanol–water partition coefficient (Wildman–Crippen LogP) is 3.23. The fourth-order valence-corrected chi connectivity index (χ4v) is 2.19. The van der Waals surface area contributed by atoms with Crippen molar-refractivity contribution in [1.29, 1.82) is 0 Å². The van der Waals surface area contributed by atoms with Crippen LogP contribution in [0.5, 0.6) is 0 Å². The number of hydrogen-bond donors (Lipinski definition) is 2. The molecule has 0 aliphatic carbocycles. The standard InChI is InChI=1S/C15H13N5O2/c1-10-13(12-4-2-3-5-14(12)18-10)9-17-19-15-7-6-11(8-16-15)20(21)22/h2-9,18H,1H3,(H,16,19)/b17-9+. The smallest absolute Gasteiger partial charge is 0.287 e. The normalized spacial score (nSPS) is 11.1. The summed E-state index contributed by atoms with van der Waals surface area (Å²) < 4.78 is 0. The average molecular weight is 295 g/mol. The number of fused-ring (bicyclic) bond motifs is 1. The summed E-state index contributed by atoms with van der Waals surface area (Å²) in [6.07, 6.45) is 2.89. The maximum atomic E-state index is 10.6. The number of nitrogens with zero attached hydrogens (tertiary/aromatic N) is 3. The van der Waals surface area contributed by atoms with E-state index in [1.807, 2.05) is 31.2 Å². The lowest BCUT2D eigenvalue weighted by Gasteiger charge is -1.98. The van der Waals surface area contributed by atoms with Crippen molar-refractivity contribution in [1.82, 2.24) is 9.97 Å². The SMILES string of the molecule is Cc1[nH]c2ccccc2c1/C=N/Nc1ccc([N+](=O)[O-])cn1. The summed E-state index contributed by atoms with van der Waals surface area (Å²) in [6.45, 7) is 1.98. The second-order valence-electron chi connectivity index (χ2n) is 4.74. The van der Waals surface area contributed by atoms with Gasteiger partial charge in [0, 0.05) is 28.2 Å². The summed E-state index contributed by atoms with van der Waals surface area (Å²) in [5.74, 6) is 0.444. The van der Waals surface area contributed by atoms with Crippen LogP contribution >= 0.6 is 0 Å². The minimum Gasteiger partial charge on any atom is -0.358 e. The summed E-state index contributed by atoms with van der Waals surface area (Å²) in [4.78, 5) is 17.3. The van der Waals surface area contributed by atoms with Crippen LogP contribution in [0, 0.1) is 17.0 Å². The van der Waals surface area contributed by atoms with Crippen molar-refractivity contribution in [3.05, 3.63) is 64.0 Å². The van der Waals surface area contributed by atoms with Crippen LogP contribution in [0.15, 0.2) is 47.7 Å². The molecule has 2 aromatic heterocycles. The lowest BCUT2D eigenvalue weighted by molar-refractivity contribution is -0.385. The Balaban J connectivity index is 1.79. The van der Waals surface area contributed by atoms with E-state index in [-0.39, 0.29) is 5.69 Å². The molecule has 0 saturated carbocycles. The Kier molecular flexibility index (Phi) is 3.53. The van der Waals surface area contributed by atoms with Crippen LogP contribution < -0.4 is 5.43 Å². The van der Waals surface area contributed by atoms with E-state index >= 15 is 0 Å². The summed E-state index contributed by atoms with van der Waals surface area (Å²) in [6, 6.07) is 10.9. The van der Waals surface area contributed by atoms with Crippen LogP contribution in [0.1, 0.15) is 11.3 Å². The van der Waals surface area contributed by atoms with Crippen LogP contribution in [0.2, 0.25) is 0 Å². The van der Waals surface area contributed by atoms with Crippen molar-refractivity contribution in [2.45, 2.75) is 6.92 Å². The molecule has 3 aromatic rings. The molecule has 2 heterocycles. The highest BCUT2D eigenvalue weighted by molar-refractivity contribution is 6.00. The molecule has 3 rings (SSSR count). The summed E-state index contributed by atoms with van der Waals surface area (Å²) >= 11 is 0. The van der Waals surface area contributed by atoms with E-state index in [4.69, 9.17) is 0 Å². The quantitative estimate of drug-likeness (QED) is 0.439. The van der Waals surface area contributed by atoms with Gasteiger partial charge in [-0.1, -0.05) is 18.2 Å². The Bertz CT molecular complexity index is 852. The first-order valence-electron chi connectivity index (χ1n) is 6.62. The van der Waals surface area contributed by atoms with Crippen molar-refractivity contribution in [2.24, 2.45) is 5.10 Å². The van der Waals surface area contributed by atoms with E-state index in [1.54, 1.807) is 6.21 Å². The van der Waals surface area contributed by atoms with Crippen molar-refractivity contribution < 1.29 is 4.92 Å². The molecule has 0 aliphatic rings. The number of anilines is 1. The molecule has 0 unspecified atom stereocenters. The van der Waals surface area contributed by atoms with E-state index in [9.17, 15) is 10.1 Å². The first-order chi connectivity index (χ1) is 10.6. The number of nitro groups is 1. The Morgan fingerprint density at radius 1 is 1.32 bits per heavy atom. The number of H-pyrrole nitrogens is 1. The van der Waals surface area contributed by atoms with Crippen LogP contribution in [-0.4, -0.2) is 21.1 Å². The minimum absolute atomic E-state index is 0.0537. The molecule has 0 atom stereocenters. The Morgan fingerprint density at radius 3 is 2.86 bits per heavy atom. The van der Waals surface area contributed by atoms with Crippen molar-refractivity contribution in [3.63, 3.8) is 0 Å². The maximum absolute atomic E-state index is 10.6. The molecule has 110 valence electrons. The van der Waals surface area contributed by atoms with Gasteiger partial charge >= 0.3 is 0 Å². The molecule has 0 saturated heterocycles. The van der Waals surface area contributed by atoms with Crippen molar-refractivity contribution >= 4 is 28.6 Å². The second kappa shape index (κ2) is 5.65. The van der Waals surface area contributed by atoms with Gasteiger partial charge in [0.25, 0.3) is 5.69 Å². The van der Waals surface area contributed by atoms with E-state index in [0.29, 0.717) is 5.82 Å². The van der Waals surface area contributed by atoms with Gasteiger partial charge in [-0.3, -0.25) is 15.5 Å². The number of benzene rings is 1. The Hall–Kier alpha value is -3.22. The number of para-hydroxylation sites is 1. The summed E-state index contributed by atoms with van der Waals surface area (Å²) in [5.41, 5.74) is 5.77. The zero-order valence-corrected chi connectivity index (χ0v) is 11.8. The molecule has 0 bridgehead atoms. The van der Waals surface area contributed by atoms with Gasteiger partial charge in [0.15, 0.2) is 0 Å². The predicted molar refractivity (Wildman–Crippen MR) is 85.1 cm³/mol. The second-order valence-corrected chi connectivity index (χ2v) is 4.74. The molecule has 7 heteroatoms. The summed E-state index contributed by atoms with van der Waals surface area (Å²) in [7, 11) is 0. The van der Waals surface area contributed by atoms with Gasteiger partial charge in [0.05, 0.1) is 11.1 Å². The third-order valence-corrected chi connectivity index (χ3v) is 3.27. The number of hydrogen-bond acceptors (Lipinski definition) is 5. The van der Waals surface area contributed by atoms with E-state index in [2.05, 4.69) is 20.5 Å². The highest BCUT2D eigenvalue weighted by Crippen LogP contribution is 2.20. The lowest BCUT2D eigenvalue weighted by Crippen LogP contribution is -1.95. The molecular weight excluding hydrogens is 282 g/mol. The fraction of sp³-hybridized carbons (Fsp3) is 0.0667. The molecule has 7 nitrogen and oxygen atoms in total. The Morgan fingerprint density at radius 2 is 2.14 bits per heavy atom. The highest BCUT2D eigenvalue weighted by atomic mass is 16.6. The molecule has 2 N–H and O–H groups in total. The van der Waals surface area contributed by atoms with Gasteiger partial charge in [0.1, 0.15) is 12.0 Å². The van der Waals surface area contributed by atoms with Gasteiger partial charge in [-0.25, -0.2) is 4.98 Å². The monoisotopic (exact) mass is 295 g/mol. The first-order valence-corrected chi connectivity index (χ1v) is 6.62. The van der Waals surface area contributed by atoms with Gasteiger partial charge < -0.3 is 4.98 Å². The first kappa shape index (κ1) is 13.7. The molecule has 22 heavy (non-hydrogen) atoms. The van der Waals surface area contributed by atoms with Crippen molar-refractivity contribution in [3.8, 4) is 0 Å².